The van der Waals surface area contributed by atoms with Crippen LogP contribution in [0.4, 0.5) is 0 Å². The molecule has 1 aromatic rings. The zero-order valence-electron chi connectivity index (χ0n) is 9.15. The minimum absolute atomic E-state index is 0.0393. The van der Waals surface area contributed by atoms with Gasteiger partial charge >= 0.3 is 0 Å². The molecule has 0 radical (unpaired) electrons. The molecule has 1 unspecified atom stereocenters. The summed E-state index contributed by atoms with van der Waals surface area (Å²) >= 11 is 0. The first-order valence-electron chi connectivity index (χ1n) is 5.65. The molecule has 0 saturated carbocycles. The highest BCUT2D eigenvalue weighted by atomic mass is 16.5. The van der Waals surface area contributed by atoms with Crippen LogP contribution in [0.1, 0.15) is 43.7 Å². The fourth-order valence-corrected chi connectivity index (χ4v) is 2.25. The van der Waals surface area contributed by atoms with Crippen molar-refractivity contribution in [2.45, 2.75) is 38.8 Å². The third kappa shape index (κ3) is 2.21. The number of rotatable bonds is 3. The highest BCUT2D eigenvalue weighted by Gasteiger charge is 2.25. The summed E-state index contributed by atoms with van der Waals surface area (Å²) in [4.78, 5) is 2.41. The van der Waals surface area contributed by atoms with E-state index in [-0.39, 0.29) is 6.61 Å². The molecule has 0 spiro atoms. The van der Waals surface area contributed by atoms with Gasteiger partial charge in [-0.15, -0.1) is 0 Å². The van der Waals surface area contributed by atoms with E-state index in [4.69, 9.17) is 9.63 Å². The molecule has 0 aliphatic carbocycles. The van der Waals surface area contributed by atoms with Crippen LogP contribution in [0.2, 0.25) is 0 Å². The predicted octanol–water partition coefficient (Wildman–Crippen LogP) is 1.71. The van der Waals surface area contributed by atoms with Crippen LogP contribution in [-0.4, -0.2) is 28.3 Å². The van der Waals surface area contributed by atoms with E-state index in [9.17, 15) is 0 Å². The molecule has 84 valence electrons. The van der Waals surface area contributed by atoms with Gasteiger partial charge in [-0.3, -0.25) is 4.90 Å². The predicted molar refractivity (Wildman–Crippen MR) is 56.3 cm³/mol. The number of likely N-dealkylation sites (tertiary alicyclic amines) is 1. The minimum Gasteiger partial charge on any atom is -0.390 e. The Hall–Kier alpha value is -0.870. The molecular formula is C11H18N2O2. The van der Waals surface area contributed by atoms with Gasteiger partial charge in [0.25, 0.3) is 0 Å². The summed E-state index contributed by atoms with van der Waals surface area (Å²) in [7, 11) is 0. The molecule has 4 heteroatoms. The lowest BCUT2D eigenvalue weighted by atomic mass is 10.00. The van der Waals surface area contributed by atoms with Crippen LogP contribution < -0.4 is 0 Å². The van der Waals surface area contributed by atoms with Crippen LogP contribution in [0.5, 0.6) is 0 Å². The largest absolute Gasteiger partial charge is 0.390 e. The van der Waals surface area contributed by atoms with Crippen molar-refractivity contribution in [3.63, 3.8) is 0 Å². The topological polar surface area (TPSA) is 49.5 Å². The first-order chi connectivity index (χ1) is 7.35. The SMILES string of the molecule is CCN1CCCCC1c1cc(CO)no1. The fourth-order valence-electron chi connectivity index (χ4n) is 2.25. The van der Waals surface area contributed by atoms with Crippen molar-refractivity contribution in [3.05, 3.63) is 17.5 Å². The zero-order valence-corrected chi connectivity index (χ0v) is 9.15. The molecule has 1 fully saturated rings. The number of nitrogens with zero attached hydrogens (tertiary/aromatic N) is 2. The van der Waals surface area contributed by atoms with Crippen molar-refractivity contribution in [2.75, 3.05) is 13.1 Å². The first-order valence-corrected chi connectivity index (χ1v) is 5.65. The van der Waals surface area contributed by atoms with E-state index in [1.54, 1.807) is 0 Å². The second-order valence-corrected chi connectivity index (χ2v) is 4.02. The summed E-state index contributed by atoms with van der Waals surface area (Å²) in [5, 5.41) is 12.8. The maximum Gasteiger partial charge on any atom is 0.154 e. The number of piperidine rings is 1. The highest BCUT2D eigenvalue weighted by Crippen LogP contribution is 2.30. The van der Waals surface area contributed by atoms with Crippen molar-refractivity contribution in [1.82, 2.24) is 10.1 Å². The fraction of sp³-hybridized carbons (Fsp3) is 0.727. The van der Waals surface area contributed by atoms with Crippen LogP contribution in [0.15, 0.2) is 10.6 Å². The summed E-state index contributed by atoms with van der Waals surface area (Å²) in [6, 6.07) is 2.23. The maximum atomic E-state index is 8.94. The maximum absolute atomic E-state index is 8.94. The van der Waals surface area contributed by atoms with Crippen LogP contribution in [0.3, 0.4) is 0 Å². The molecule has 1 aliphatic heterocycles. The van der Waals surface area contributed by atoms with Crippen LogP contribution in [-0.2, 0) is 6.61 Å². The van der Waals surface area contributed by atoms with Gasteiger partial charge in [0, 0.05) is 6.07 Å². The van der Waals surface area contributed by atoms with Crippen molar-refractivity contribution < 1.29 is 9.63 Å². The Balaban J connectivity index is 2.12. The number of hydrogen-bond acceptors (Lipinski definition) is 4. The van der Waals surface area contributed by atoms with Crippen LogP contribution >= 0.6 is 0 Å². The molecule has 0 amide bonds. The van der Waals surface area contributed by atoms with E-state index >= 15 is 0 Å². The normalized spacial score (nSPS) is 23.2. The molecule has 0 bridgehead atoms. The molecule has 1 atom stereocenters. The average Bonchev–Trinajstić information content (AvgIpc) is 2.77. The molecule has 1 aliphatic rings. The van der Waals surface area contributed by atoms with Gasteiger partial charge in [0.2, 0.25) is 0 Å². The van der Waals surface area contributed by atoms with E-state index in [2.05, 4.69) is 17.0 Å². The molecule has 0 aromatic carbocycles. The summed E-state index contributed by atoms with van der Waals surface area (Å²) in [5.74, 6) is 0.903. The molecular weight excluding hydrogens is 192 g/mol. The number of aliphatic hydroxyl groups is 1. The van der Waals surface area contributed by atoms with Gasteiger partial charge in [-0.2, -0.15) is 0 Å². The number of hydrogen-bond donors (Lipinski definition) is 1. The Kier molecular flexibility index (Phi) is 3.38. The molecule has 2 heterocycles. The first kappa shape index (κ1) is 10.6. The second kappa shape index (κ2) is 4.77. The monoisotopic (exact) mass is 210 g/mol. The minimum atomic E-state index is -0.0393. The second-order valence-electron chi connectivity index (χ2n) is 4.02. The molecule has 1 aromatic heterocycles. The van der Waals surface area contributed by atoms with E-state index < -0.39 is 0 Å². The van der Waals surface area contributed by atoms with E-state index in [0.717, 1.165) is 25.3 Å². The van der Waals surface area contributed by atoms with E-state index in [0.29, 0.717) is 11.7 Å². The number of aliphatic hydroxyl groups excluding tert-OH is 1. The van der Waals surface area contributed by atoms with Crippen molar-refractivity contribution in [3.8, 4) is 0 Å². The van der Waals surface area contributed by atoms with Crippen molar-refractivity contribution in [2.24, 2.45) is 0 Å². The Bertz CT molecular complexity index is 311. The van der Waals surface area contributed by atoms with Crippen molar-refractivity contribution >= 4 is 0 Å². The van der Waals surface area contributed by atoms with E-state index in [1.165, 1.54) is 12.8 Å². The van der Waals surface area contributed by atoms with E-state index in [1.807, 2.05) is 6.07 Å². The number of aromatic nitrogens is 1. The third-order valence-electron chi connectivity index (χ3n) is 3.09. The quantitative estimate of drug-likeness (QED) is 0.825. The average molecular weight is 210 g/mol. The van der Waals surface area contributed by atoms with Gasteiger partial charge in [0.1, 0.15) is 5.69 Å². The lowest BCUT2D eigenvalue weighted by molar-refractivity contribution is 0.129. The molecule has 1 saturated heterocycles. The standard InChI is InChI=1S/C11H18N2O2/c1-2-13-6-4-3-5-10(13)11-7-9(8-14)12-15-11/h7,10,14H,2-6,8H2,1H3. The zero-order chi connectivity index (χ0) is 10.7. The Morgan fingerprint density at radius 3 is 3.13 bits per heavy atom. The van der Waals surface area contributed by atoms with Gasteiger partial charge in [-0.1, -0.05) is 18.5 Å². The lowest BCUT2D eigenvalue weighted by Gasteiger charge is -2.32. The smallest absolute Gasteiger partial charge is 0.154 e. The van der Waals surface area contributed by atoms with Gasteiger partial charge in [0.15, 0.2) is 5.76 Å². The van der Waals surface area contributed by atoms with Crippen LogP contribution in [0.25, 0.3) is 0 Å². The highest BCUT2D eigenvalue weighted by molar-refractivity contribution is 5.09. The van der Waals surface area contributed by atoms with Crippen LogP contribution in [0, 0.1) is 0 Å². The molecule has 4 nitrogen and oxygen atoms in total. The molecule has 15 heavy (non-hydrogen) atoms. The van der Waals surface area contributed by atoms with Gasteiger partial charge in [0.05, 0.1) is 12.6 Å². The Morgan fingerprint density at radius 1 is 1.60 bits per heavy atom. The summed E-state index contributed by atoms with van der Waals surface area (Å²) in [5.41, 5.74) is 0.631. The molecule has 1 N–H and O–H groups in total. The van der Waals surface area contributed by atoms with Gasteiger partial charge in [-0.25, -0.2) is 0 Å². The Labute approximate surface area is 89.9 Å². The summed E-state index contributed by atoms with van der Waals surface area (Å²) in [6.07, 6.45) is 3.65. The van der Waals surface area contributed by atoms with Crippen molar-refractivity contribution in [1.29, 1.82) is 0 Å². The van der Waals surface area contributed by atoms with Gasteiger partial charge < -0.3 is 9.63 Å². The lowest BCUT2D eigenvalue weighted by Crippen LogP contribution is -2.32. The summed E-state index contributed by atoms with van der Waals surface area (Å²) in [6.45, 7) is 4.31. The third-order valence-corrected chi connectivity index (χ3v) is 3.09. The van der Waals surface area contributed by atoms with Gasteiger partial charge in [-0.05, 0) is 25.9 Å². The molecule has 2 rings (SSSR count). The Morgan fingerprint density at radius 2 is 2.47 bits per heavy atom. The summed E-state index contributed by atoms with van der Waals surface area (Å²) < 4.78 is 5.28.